The number of nitrogens with zero attached hydrogens (tertiary/aromatic N) is 4. The summed E-state index contributed by atoms with van der Waals surface area (Å²) in [7, 11) is 0. The Kier molecular flexibility index (Phi) is 6.22. The fourth-order valence-corrected chi connectivity index (χ4v) is 7.24. The smallest absolute Gasteiger partial charge is 0.101 e. The second-order valence-electron chi connectivity index (χ2n) is 12.0. The van der Waals surface area contributed by atoms with Crippen molar-refractivity contribution >= 4 is 43.6 Å². The molecule has 0 aliphatic heterocycles. The molecule has 4 heteroatoms. The number of aromatic nitrogens is 2. The van der Waals surface area contributed by atoms with Crippen LogP contribution in [0.4, 0.5) is 0 Å². The third kappa shape index (κ3) is 4.14. The third-order valence-corrected chi connectivity index (χ3v) is 9.40. The molecule has 0 saturated carbocycles. The summed E-state index contributed by atoms with van der Waals surface area (Å²) in [6, 6.07) is 59.0. The second kappa shape index (κ2) is 10.9. The molecule has 0 amide bonds. The van der Waals surface area contributed by atoms with Gasteiger partial charge in [-0.1, -0.05) is 97.1 Å². The van der Waals surface area contributed by atoms with Gasteiger partial charge in [-0.2, -0.15) is 10.5 Å². The minimum Gasteiger partial charge on any atom is -0.309 e. The van der Waals surface area contributed by atoms with Crippen LogP contribution in [0, 0.1) is 22.7 Å². The van der Waals surface area contributed by atoms with Crippen molar-refractivity contribution in [2.24, 2.45) is 0 Å². The summed E-state index contributed by atoms with van der Waals surface area (Å²) in [6.45, 7) is 0. The molecule has 0 atom stereocenters. The Morgan fingerprint density at radius 1 is 0.417 bits per heavy atom. The van der Waals surface area contributed by atoms with E-state index in [1.54, 1.807) is 0 Å². The molecule has 0 aliphatic carbocycles. The van der Waals surface area contributed by atoms with Crippen LogP contribution in [0.3, 0.4) is 0 Å². The van der Waals surface area contributed by atoms with Crippen molar-refractivity contribution in [2.75, 3.05) is 0 Å². The van der Waals surface area contributed by atoms with E-state index in [0.29, 0.717) is 11.1 Å². The predicted molar refractivity (Wildman–Crippen MR) is 195 cm³/mol. The van der Waals surface area contributed by atoms with Crippen LogP contribution in [0.25, 0.3) is 77.2 Å². The number of benzene rings is 7. The molecule has 0 fully saturated rings. The normalized spacial score (nSPS) is 11.3. The predicted octanol–water partition coefficient (Wildman–Crippen LogP) is 11.0. The van der Waals surface area contributed by atoms with Crippen molar-refractivity contribution < 1.29 is 0 Å². The SMILES string of the molecule is N#Cc1ccc(-n2c3ccccc3c3cccc(-c4cccc(-c5ccc6c7ccccc7n(-c7ccccc7C#N)c6c5)c4)c32)cc1. The molecule has 9 aromatic rings. The van der Waals surface area contributed by atoms with Gasteiger partial charge in [-0.05, 0) is 77.4 Å². The van der Waals surface area contributed by atoms with E-state index in [1.807, 2.05) is 48.5 Å². The van der Waals surface area contributed by atoms with Gasteiger partial charge < -0.3 is 9.13 Å². The Labute approximate surface area is 277 Å². The number of hydrogen-bond donors (Lipinski definition) is 0. The fraction of sp³-hybridized carbons (Fsp3) is 0. The van der Waals surface area contributed by atoms with Crippen LogP contribution < -0.4 is 0 Å². The first-order chi connectivity index (χ1) is 23.7. The number of rotatable bonds is 4. The highest BCUT2D eigenvalue weighted by Gasteiger charge is 2.18. The molecule has 9 rings (SSSR count). The van der Waals surface area contributed by atoms with Gasteiger partial charge in [0.05, 0.1) is 45.0 Å². The Bertz CT molecular complexity index is 2800. The average Bonchev–Trinajstić information content (AvgIpc) is 3.67. The maximum absolute atomic E-state index is 9.99. The summed E-state index contributed by atoms with van der Waals surface area (Å²) >= 11 is 0. The van der Waals surface area contributed by atoms with Gasteiger partial charge >= 0.3 is 0 Å². The first-order valence-electron chi connectivity index (χ1n) is 15.9. The van der Waals surface area contributed by atoms with Crippen LogP contribution in [0.1, 0.15) is 11.1 Å². The maximum atomic E-state index is 9.99. The highest BCUT2D eigenvalue weighted by atomic mass is 15.0. The van der Waals surface area contributed by atoms with E-state index < -0.39 is 0 Å². The van der Waals surface area contributed by atoms with Crippen LogP contribution >= 0.6 is 0 Å². The highest BCUT2D eigenvalue weighted by Crippen LogP contribution is 2.40. The van der Waals surface area contributed by atoms with Crippen molar-refractivity contribution in [2.45, 2.75) is 0 Å². The molecule has 0 radical (unpaired) electrons. The van der Waals surface area contributed by atoms with E-state index in [0.717, 1.165) is 66.5 Å². The van der Waals surface area contributed by atoms with Crippen LogP contribution in [-0.4, -0.2) is 9.13 Å². The lowest BCUT2D eigenvalue weighted by Gasteiger charge is -2.13. The van der Waals surface area contributed by atoms with E-state index in [4.69, 9.17) is 0 Å². The number of nitriles is 2. The number of hydrogen-bond acceptors (Lipinski definition) is 2. The summed E-state index contributed by atoms with van der Waals surface area (Å²) in [5.41, 5.74) is 12.0. The lowest BCUT2D eigenvalue weighted by atomic mass is 9.96. The van der Waals surface area contributed by atoms with E-state index in [1.165, 1.54) is 10.8 Å². The lowest BCUT2D eigenvalue weighted by Crippen LogP contribution is -1.97. The molecule has 0 bridgehead atoms. The topological polar surface area (TPSA) is 57.4 Å². The zero-order chi connectivity index (χ0) is 32.2. The summed E-state index contributed by atoms with van der Waals surface area (Å²) in [5, 5.41) is 24.1. The first kappa shape index (κ1) is 27.4. The van der Waals surface area contributed by atoms with Gasteiger partial charge in [0.15, 0.2) is 0 Å². The minimum atomic E-state index is 0.637. The molecule has 0 spiro atoms. The lowest BCUT2D eigenvalue weighted by molar-refractivity contribution is 1.17. The summed E-state index contributed by atoms with van der Waals surface area (Å²) in [6.07, 6.45) is 0. The molecule has 48 heavy (non-hydrogen) atoms. The van der Waals surface area contributed by atoms with Crippen LogP contribution in [0.2, 0.25) is 0 Å². The van der Waals surface area contributed by atoms with E-state index in [9.17, 15) is 10.5 Å². The monoisotopic (exact) mass is 610 g/mol. The van der Waals surface area contributed by atoms with Gasteiger partial charge in [0.2, 0.25) is 0 Å². The molecular weight excluding hydrogens is 585 g/mol. The molecule has 0 aliphatic rings. The number of fused-ring (bicyclic) bond motifs is 6. The molecule has 222 valence electrons. The molecule has 0 unspecified atom stereocenters. The second-order valence-corrected chi connectivity index (χ2v) is 12.0. The molecular formula is C44H26N4. The largest absolute Gasteiger partial charge is 0.309 e. The number of para-hydroxylation sites is 4. The third-order valence-electron chi connectivity index (χ3n) is 9.40. The van der Waals surface area contributed by atoms with Crippen LogP contribution in [-0.2, 0) is 0 Å². The van der Waals surface area contributed by atoms with Crippen LogP contribution in [0.15, 0.2) is 158 Å². The molecule has 2 aromatic heterocycles. The van der Waals surface area contributed by atoms with E-state index in [2.05, 4.69) is 130 Å². The van der Waals surface area contributed by atoms with Crippen molar-refractivity contribution in [1.29, 1.82) is 10.5 Å². The molecule has 4 nitrogen and oxygen atoms in total. The standard InChI is InChI=1S/C44H26N4/c45-27-29-19-22-34(23-20-29)47-41-17-5-3-13-37(41)39-15-8-14-35(44(39)47)32-11-7-10-30(25-32)31-21-24-38-36-12-2-6-18-42(36)48(43(38)26-31)40-16-4-1-9-33(40)28-46/h1-26H. The van der Waals surface area contributed by atoms with Crippen LogP contribution in [0.5, 0.6) is 0 Å². The Morgan fingerprint density at radius 2 is 1.04 bits per heavy atom. The average molecular weight is 611 g/mol. The van der Waals surface area contributed by atoms with Crippen molar-refractivity contribution in [3.63, 3.8) is 0 Å². The van der Waals surface area contributed by atoms with Gasteiger partial charge in [0.25, 0.3) is 0 Å². The van der Waals surface area contributed by atoms with Gasteiger partial charge in [0, 0.05) is 32.8 Å². The van der Waals surface area contributed by atoms with Gasteiger partial charge in [-0.15, -0.1) is 0 Å². The Morgan fingerprint density at radius 3 is 1.83 bits per heavy atom. The Hall–Kier alpha value is -6.88. The first-order valence-corrected chi connectivity index (χ1v) is 15.9. The molecule has 2 heterocycles. The van der Waals surface area contributed by atoms with Crippen molar-refractivity contribution in [3.8, 4) is 45.8 Å². The van der Waals surface area contributed by atoms with Crippen molar-refractivity contribution in [3.05, 3.63) is 169 Å². The summed E-state index contributed by atoms with van der Waals surface area (Å²) in [4.78, 5) is 0. The summed E-state index contributed by atoms with van der Waals surface area (Å²) in [5.74, 6) is 0. The summed E-state index contributed by atoms with van der Waals surface area (Å²) < 4.78 is 4.53. The zero-order valence-corrected chi connectivity index (χ0v) is 25.8. The minimum absolute atomic E-state index is 0.637. The van der Waals surface area contributed by atoms with E-state index in [-0.39, 0.29) is 0 Å². The van der Waals surface area contributed by atoms with Gasteiger partial charge in [-0.25, -0.2) is 0 Å². The zero-order valence-electron chi connectivity index (χ0n) is 25.8. The fourth-order valence-electron chi connectivity index (χ4n) is 7.24. The quantitative estimate of drug-likeness (QED) is 0.199. The highest BCUT2D eigenvalue weighted by molar-refractivity contribution is 6.14. The van der Waals surface area contributed by atoms with Crippen molar-refractivity contribution in [1.82, 2.24) is 9.13 Å². The van der Waals surface area contributed by atoms with E-state index >= 15 is 0 Å². The van der Waals surface area contributed by atoms with Gasteiger partial charge in [-0.3, -0.25) is 0 Å². The Balaban J connectivity index is 1.26. The molecule has 7 aromatic carbocycles. The maximum Gasteiger partial charge on any atom is 0.101 e. The molecule has 0 N–H and O–H groups in total. The molecule has 0 saturated heterocycles. The van der Waals surface area contributed by atoms with Gasteiger partial charge in [0.1, 0.15) is 6.07 Å².